The summed E-state index contributed by atoms with van der Waals surface area (Å²) in [4.78, 5) is 2.47. The molecule has 2 N–H and O–H groups in total. The fourth-order valence-electron chi connectivity index (χ4n) is 1.64. The zero-order chi connectivity index (χ0) is 10.4. The first-order valence-corrected chi connectivity index (χ1v) is 5.46. The summed E-state index contributed by atoms with van der Waals surface area (Å²) in [5.74, 6) is 0. The predicted octanol–water partition coefficient (Wildman–Crippen LogP) is 1.93. The van der Waals surface area contributed by atoms with E-state index in [1.165, 1.54) is 18.5 Å². The summed E-state index contributed by atoms with van der Waals surface area (Å²) in [5.41, 5.74) is 8.48. The molecule has 0 aromatic rings. The fraction of sp³-hybridized carbons (Fsp3) is 0.667. The smallest absolute Gasteiger partial charge is 0.0169 e. The van der Waals surface area contributed by atoms with Crippen molar-refractivity contribution in [2.24, 2.45) is 5.73 Å². The molecule has 0 aliphatic carbocycles. The van der Waals surface area contributed by atoms with Gasteiger partial charge in [0.25, 0.3) is 0 Å². The van der Waals surface area contributed by atoms with Crippen molar-refractivity contribution in [2.75, 3.05) is 26.2 Å². The molecule has 1 aliphatic rings. The van der Waals surface area contributed by atoms with Crippen LogP contribution >= 0.6 is 0 Å². The minimum absolute atomic E-state index is 0.791. The molecule has 0 amide bonds. The Morgan fingerprint density at radius 2 is 2.36 bits per heavy atom. The summed E-state index contributed by atoms with van der Waals surface area (Å²) >= 11 is 0. The van der Waals surface area contributed by atoms with Gasteiger partial charge in [0.15, 0.2) is 0 Å². The molecule has 1 heterocycles. The van der Waals surface area contributed by atoms with E-state index in [0.29, 0.717) is 0 Å². The molecule has 0 spiro atoms. The lowest BCUT2D eigenvalue weighted by Gasteiger charge is -2.25. The average molecular weight is 194 g/mol. The molecule has 0 atom stereocenters. The minimum Gasteiger partial charge on any atom is -0.330 e. The van der Waals surface area contributed by atoms with Crippen molar-refractivity contribution in [3.63, 3.8) is 0 Å². The maximum absolute atomic E-state index is 5.53. The van der Waals surface area contributed by atoms with E-state index in [2.05, 4.69) is 30.9 Å². The Morgan fingerprint density at radius 1 is 1.57 bits per heavy atom. The summed E-state index contributed by atoms with van der Waals surface area (Å²) in [5, 5.41) is 0. The summed E-state index contributed by atoms with van der Waals surface area (Å²) in [6, 6.07) is 0. The van der Waals surface area contributed by atoms with E-state index in [1.807, 2.05) is 0 Å². The van der Waals surface area contributed by atoms with Crippen LogP contribution in [0, 0.1) is 0 Å². The van der Waals surface area contributed by atoms with E-state index in [9.17, 15) is 0 Å². The van der Waals surface area contributed by atoms with Crippen LogP contribution in [0.4, 0.5) is 0 Å². The molecule has 0 radical (unpaired) electrons. The van der Waals surface area contributed by atoms with Gasteiger partial charge in [0, 0.05) is 19.6 Å². The zero-order valence-corrected chi connectivity index (χ0v) is 9.42. The first-order valence-electron chi connectivity index (χ1n) is 5.46. The third-order valence-corrected chi connectivity index (χ3v) is 2.61. The molecular weight excluding hydrogens is 172 g/mol. The van der Waals surface area contributed by atoms with E-state index >= 15 is 0 Å². The molecule has 14 heavy (non-hydrogen) atoms. The quantitative estimate of drug-likeness (QED) is 0.693. The Kier molecular flexibility index (Phi) is 4.91. The molecule has 0 aromatic heterocycles. The maximum atomic E-state index is 5.53. The lowest BCUT2D eigenvalue weighted by molar-refractivity contribution is 0.322. The molecule has 2 heteroatoms. The van der Waals surface area contributed by atoms with E-state index in [0.717, 1.165) is 26.1 Å². The lowest BCUT2D eigenvalue weighted by Crippen LogP contribution is -2.29. The van der Waals surface area contributed by atoms with Crippen LogP contribution in [0.25, 0.3) is 0 Å². The van der Waals surface area contributed by atoms with Crippen molar-refractivity contribution >= 4 is 0 Å². The topological polar surface area (TPSA) is 29.3 Å². The average Bonchev–Trinajstić information content (AvgIpc) is 2.17. The summed E-state index contributed by atoms with van der Waals surface area (Å²) < 4.78 is 0. The highest BCUT2D eigenvalue weighted by Crippen LogP contribution is 2.13. The Morgan fingerprint density at radius 3 is 2.86 bits per heavy atom. The van der Waals surface area contributed by atoms with Crippen molar-refractivity contribution in [3.8, 4) is 0 Å². The van der Waals surface area contributed by atoms with Gasteiger partial charge in [0.05, 0.1) is 0 Å². The SMILES string of the molecule is CC(C)=CCN1CC=C(CCN)CC1. The second-order valence-electron chi connectivity index (χ2n) is 4.19. The predicted molar refractivity (Wildman–Crippen MR) is 62.2 cm³/mol. The largest absolute Gasteiger partial charge is 0.330 e. The second kappa shape index (κ2) is 5.99. The monoisotopic (exact) mass is 194 g/mol. The normalized spacial score (nSPS) is 17.8. The highest BCUT2D eigenvalue weighted by Gasteiger charge is 2.09. The Labute approximate surface area is 87.5 Å². The van der Waals surface area contributed by atoms with Crippen LogP contribution in [0.1, 0.15) is 26.7 Å². The molecule has 0 unspecified atom stereocenters. The first kappa shape index (κ1) is 11.5. The minimum atomic E-state index is 0.791. The summed E-state index contributed by atoms with van der Waals surface area (Å²) in [7, 11) is 0. The van der Waals surface area contributed by atoms with Crippen molar-refractivity contribution in [2.45, 2.75) is 26.7 Å². The maximum Gasteiger partial charge on any atom is 0.0169 e. The molecule has 0 aromatic carbocycles. The number of nitrogens with two attached hydrogens (primary N) is 1. The first-order chi connectivity index (χ1) is 6.72. The van der Waals surface area contributed by atoms with Crippen molar-refractivity contribution in [3.05, 3.63) is 23.3 Å². The van der Waals surface area contributed by atoms with E-state index in [1.54, 1.807) is 5.57 Å². The second-order valence-corrected chi connectivity index (χ2v) is 4.19. The van der Waals surface area contributed by atoms with Gasteiger partial charge in [-0.25, -0.2) is 0 Å². The van der Waals surface area contributed by atoms with E-state index in [4.69, 9.17) is 5.73 Å². The zero-order valence-electron chi connectivity index (χ0n) is 9.42. The van der Waals surface area contributed by atoms with Gasteiger partial charge in [0.2, 0.25) is 0 Å². The number of allylic oxidation sites excluding steroid dienone is 1. The van der Waals surface area contributed by atoms with Gasteiger partial charge in [-0.05, 0) is 33.2 Å². The van der Waals surface area contributed by atoms with Gasteiger partial charge in [-0.2, -0.15) is 0 Å². The van der Waals surface area contributed by atoms with Gasteiger partial charge in [-0.15, -0.1) is 0 Å². The molecule has 80 valence electrons. The van der Waals surface area contributed by atoms with Gasteiger partial charge in [-0.1, -0.05) is 23.3 Å². The van der Waals surface area contributed by atoms with Crippen LogP contribution in [-0.4, -0.2) is 31.1 Å². The standard InChI is InChI=1S/C12H22N2/c1-11(2)4-8-14-9-5-12(3-7-13)6-10-14/h4-5H,3,6-10,13H2,1-2H3. The van der Waals surface area contributed by atoms with Gasteiger partial charge in [0.1, 0.15) is 0 Å². The summed E-state index contributed by atoms with van der Waals surface area (Å²) in [6.07, 6.45) is 6.92. The summed E-state index contributed by atoms with van der Waals surface area (Å²) in [6.45, 7) is 8.47. The Hall–Kier alpha value is -0.600. The molecule has 1 rings (SSSR count). The lowest BCUT2D eigenvalue weighted by atomic mass is 10.1. The van der Waals surface area contributed by atoms with Crippen LogP contribution in [0.5, 0.6) is 0 Å². The third kappa shape index (κ3) is 4.07. The third-order valence-electron chi connectivity index (χ3n) is 2.61. The van der Waals surface area contributed by atoms with Crippen molar-refractivity contribution in [1.82, 2.24) is 4.90 Å². The van der Waals surface area contributed by atoms with Gasteiger partial charge in [-0.3, -0.25) is 4.90 Å². The fourth-order valence-corrected chi connectivity index (χ4v) is 1.64. The van der Waals surface area contributed by atoms with E-state index in [-0.39, 0.29) is 0 Å². The van der Waals surface area contributed by atoms with Crippen LogP contribution in [0.3, 0.4) is 0 Å². The Balaban J connectivity index is 2.31. The van der Waals surface area contributed by atoms with Crippen LogP contribution < -0.4 is 5.73 Å². The molecule has 2 nitrogen and oxygen atoms in total. The van der Waals surface area contributed by atoms with Crippen LogP contribution in [0.15, 0.2) is 23.3 Å². The molecule has 1 aliphatic heterocycles. The number of hydrogen-bond acceptors (Lipinski definition) is 2. The molecule has 0 fully saturated rings. The molecule has 0 bridgehead atoms. The van der Waals surface area contributed by atoms with Gasteiger partial charge < -0.3 is 5.73 Å². The van der Waals surface area contributed by atoms with Crippen LogP contribution in [-0.2, 0) is 0 Å². The number of rotatable bonds is 4. The van der Waals surface area contributed by atoms with Gasteiger partial charge >= 0.3 is 0 Å². The van der Waals surface area contributed by atoms with Crippen molar-refractivity contribution in [1.29, 1.82) is 0 Å². The number of hydrogen-bond donors (Lipinski definition) is 1. The van der Waals surface area contributed by atoms with Crippen molar-refractivity contribution < 1.29 is 0 Å². The van der Waals surface area contributed by atoms with E-state index < -0.39 is 0 Å². The number of nitrogens with zero attached hydrogens (tertiary/aromatic N) is 1. The molecule has 0 saturated heterocycles. The highest BCUT2D eigenvalue weighted by molar-refractivity contribution is 5.08. The molecular formula is C12H22N2. The highest BCUT2D eigenvalue weighted by atomic mass is 15.1. The Bertz CT molecular complexity index is 224. The van der Waals surface area contributed by atoms with Crippen LogP contribution in [0.2, 0.25) is 0 Å². The molecule has 0 saturated carbocycles.